The quantitative estimate of drug-likeness (QED) is 0.856. The summed E-state index contributed by atoms with van der Waals surface area (Å²) in [5.41, 5.74) is 2.14. The Labute approximate surface area is 129 Å². The molecule has 114 valence electrons. The second-order valence-corrected chi connectivity index (χ2v) is 7.61. The van der Waals surface area contributed by atoms with Crippen LogP contribution < -0.4 is 10.0 Å². The molecule has 7 heteroatoms. The van der Waals surface area contributed by atoms with Gasteiger partial charge in [-0.25, -0.2) is 13.4 Å². The maximum atomic E-state index is 12.4. The molecule has 2 N–H and O–H groups in total. The summed E-state index contributed by atoms with van der Waals surface area (Å²) in [6.07, 6.45) is 2.52. The normalized spacial score (nSPS) is 11.6. The Kier molecular flexibility index (Phi) is 4.97. The Morgan fingerprint density at radius 3 is 2.62 bits per heavy atom. The lowest BCUT2D eigenvalue weighted by Crippen LogP contribution is -2.14. The Bertz CT molecular complexity index is 724. The van der Waals surface area contributed by atoms with Gasteiger partial charge in [0.1, 0.15) is 0 Å². The molecule has 0 saturated carbocycles. The third-order valence-corrected chi connectivity index (χ3v) is 5.37. The van der Waals surface area contributed by atoms with E-state index in [2.05, 4.69) is 21.9 Å². The minimum absolute atomic E-state index is 0.262. The van der Waals surface area contributed by atoms with Crippen molar-refractivity contribution in [3.8, 4) is 0 Å². The lowest BCUT2D eigenvalue weighted by Gasteiger charge is -2.11. The fourth-order valence-electron chi connectivity index (χ4n) is 2.05. The molecule has 0 atom stereocenters. The second kappa shape index (κ2) is 6.55. The van der Waals surface area contributed by atoms with E-state index in [1.165, 1.54) is 11.3 Å². The molecule has 2 rings (SSSR count). The SMILES string of the molecule is CCc1ccc(S(=O)(=O)Nc2ncc(C)s2)cc1CNC. The highest BCUT2D eigenvalue weighted by atomic mass is 32.2. The van der Waals surface area contributed by atoms with Crippen molar-refractivity contribution < 1.29 is 8.42 Å². The molecule has 1 aromatic heterocycles. The van der Waals surface area contributed by atoms with Crippen molar-refractivity contribution in [1.82, 2.24) is 10.3 Å². The second-order valence-electron chi connectivity index (χ2n) is 4.70. The molecule has 2 aromatic rings. The summed E-state index contributed by atoms with van der Waals surface area (Å²) >= 11 is 1.32. The first-order valence-electron chi connectivity index (χ1n) is 6.68. The molecule has 1 heterocycles. The fourth-order valence-corrected chi connectivity index (χ4v) is 4.00. The van der Waals surface area contributed by atoms with Crippen LogP contribution in [0.5, 0.6) is 0 Å². The molecule has 0 radical (unpaired) electrons. The number of hydrogen-bond donors (Lipinski definition) is 2. The Balaban J connectivity index is 2.33. The summed E-state index contributed by atoms with van der Waals surface area (Å²) in [7, 11) is -1.75. The number of hydrogen-bond acceptors (Lipinski definition) is 5. The smallest absolute Gasteiger partial charge is 0.263 e. The maximum absolute atomic E-state index is 12.4. The highest BCUT2D eigenvalue weighted by Gasteiger charge is 2.17. The first-order chi connectivity index (χ1) is 9.96. The van der Waals surface area contributed by atoms with Gasteiger partial charge in [0, 0.05) is 17.6 Å². The lowest BCUT2D eigenvalue weighted by atomic mass is 10.1. The van der Waals surface area contributed by atoms with Crippen LogP contribution in [0, 0.1) is 6.92 Å². The van der Waals surface area contributed by atoms with Crippen molar-refractivity contribution in [1.29, 1.82) is 0 Å². The van der Waals surface area contributed by atoms with E-state index in [0.29, 0.717) is 11.7 Å². The van der Waals surface area contributed by atoms with E-state index >= 15 is 0 Å². The van der Waals surface area contributed by atoms with Crippen LogP contribution in [0.2, 0.25) is 0 Å². The van der Waals surface area contributed by atoms with Gasteiger partial charge >= 0.3 is 0 Å². The lowest BCUT2D eigenvalue weighted by molar-refractivity contribution is 0.601. The first kappa shape index (κ1) is 15.9. The molecule has 0 fully saturated rings. The molecule has 21 heavy (non-hydrogen) atoms. The highest BCUT2D eigenvalue weighted by molar-refractivity contribution is 7.93. The maximum Gasteiger partial charge on any atom is 0.263 e. The van der Waals surface area contributed by atoms with E-state index in [0.717, 1.165) is 22.4 Å². The molecule has 0 spiro atoms. The van der Waals surface area contributed by atoms with Gasteiger partial charge in [-0.05, 0) is 43.7 Å². The van der Waals surface area contributed by atoms with Crippen molar-refractivity contribution in [2.45, 2.75) is 31.7 Å². The Hall–Kier alpha value is -1.44. The van der Waals surface area contributed by atoms with Crippen LogP contribution in [-0.4, -0.2) is 20.4 Å². The minimum Gasteiger partial charge on any atom is -0.316 e. The van der Waals surface area contributed by atoms with Gasteiger partial charge < -0.3 is 5.32 Å². The topological polar surface area (TPSA) is 71.1 Å². The van der Waals surface area contributed by atoms with Crippen LogP contribution in [0.4, 0.5) is 5.13 Å². The molecule has 0 aliphatic heterocycles. The Morgan fingerprint density at radius 1 is 1.29 bits per heavy atom. The first-order valence-corrected chi connectivity index (χ1v) is 8.98. The van der Waals surface area contributed by atoms with Gasteiger partial charge in [0.25, 0.3) is 10.0 Å². The fraction of sp³-hybridized carbons (Fsp3) is 0.357. The predicted octanol–water partition coefficient (Wildman–Crippen LogP) is 2.53. The van der Waals surface area contributed by atoms with Gasteiger partial charge in [-0.15, -0.1) is 11.3 Å². The van der Waals surface area contributed by atoms with Crippen LogP contribution in [0.15, 0.2) is 29.3 Å². The summed E-state index contributed by atoms with van der Waals surface area (Å²) in [6, 6.07) is 5.23. The molecular formula is C14H19N3O2S2. The number of sulfonamides is 1. The molecule has 5 nitrogen and oxygen atoms in total. The van der Waals surface area contributed by atoms with Gasteiger partial charge in [-0.3, -0.25) is 4.72 Å². The van der Waals surface area contributed by atoms with Gasteiger partial charge in [0.05, 0.1) is 4.90 Å². The zero-order chi connectivity index (χ0) is 15.5. The van der Waals surface area contributed by atoms with Crippen molar-refractivity contribution in [2.75, 3.05) is 11.8 Å². The molecule has 0 aliphatic carbocycles. The van der Waals surface area contributed by atoms with E-state index < -0.39 is 10.0 Å². The molecule has 0 bridgehead atoms. The molecule has 0 amide bonds. The van der Waals surface area contributed by atoms with Crippen LogP contribution in [-0.2, 0) is 23.0 Å². The van der Waals surface area contributed by atoms with Gasteiger partial charge in [-0.1, -0.05) is 13.0 Å². The number of benzene rings is 1. The average molecular weight is 325 g/mol. The van der Waals surface area contributed by atoms with Gasteiger partial charge in [0.15, 0.2) is 5.13 Å². The number of nitrogens with one attached hydrogen (secondary N) is 2. The summed E-state index contributed by atoms with van der Waals surface area (Å²) in [4.78, 5) is 5.26. The number of aromatic nitrogens is 1. The number of thiazole rings is 1. The highest BCUT2D eigenvalue weighted by Crippen LogP contribution is 2.22. The van der Waals surface area contributed by atoms with Crippen molar-refractivity contribution >= 4 is 26.5 Å². The van der Waals surface area contributed by atoms with Crippen molar-refractivity contribution in [2.24, 2.45) is 0 Å². The zero-order valence-corrected chi connectivity index (χ0v) is 13.9. The van der Waals surface area contributed by atoms with Gasteiger partial charge in [0.2, 0.25) is 0 Å². The van der Waals surface area contributed by atoms with Crippen LogP contribution in [0.1, 0.15) is 22.9 Å². The summed E-state index contributed by atoms with van der Waals surface area (Å²) in [6.45, 7) is 4.58. The van der Waals surface area contributed by atoms with Crippen LogP contribution in [0.3, 0.4) is 0 Å². The minimum atomic E-state index is -3.60. The van der Waals surface area contributed by atoms with E-state index in [-0.39, 0.29) is 4.90 Å². The van der Waals surface area contributed by atoms with Gasteiger partial charge in [-0.2, -0.15) is 0 Å². The summed E-state index contributed by atoms with van der Waals surface area (Å²) in [5, 5.41) is 3.46. The molecule has 0 saturated heterocycles. The predicted molar refractivity (Wildman–Crippen MR) is 86.2 cm³/mol. The number of nitrogens with zero attached hydrogens (tertiary/aromatic N) is 1. The van der Waals surface area contributed by atoms with E-state index in [4.69, 9.17) is 0 Å². The molecule has 1 aromatic carbocycles. The van der Waals surface area contributed by atoms with E-state index in [9.17, 15) is 8.42 Å². The molecule has 0 unspecified atom stereocenters. The third kappa shape index (κ3) is 3.81. The average Bonchev–Trinajstić information content (AvgIpc) is 2.83. The Morgan fingerprint density at radius 2 is 2.05 bits per heavy atom. The standard InChI is InChI=1S/C14H19N3O2S2/c1-4-11-5-6-13(7-12(11)9-15-3)21(18,19)17-14-16-8-10(2)20-14/h5-8,15H,4,9H2,1-3H3,(H,16,17). The number of aryl methyl sites for hydroxylation is 2. The molecule has 0 aliphatic rings. The zero-order valence-electron chi connectivity index (χ0n) is 12.3. The van der Waals surface area contributed by atoms with Crippen molar-refractivity contribution in [3.05, 3.63) is 40.4 Å². The molecular weight excluding hydrogens is 306 g/mol. The summed E-state index contributed by atoms with van der Waals surface area (Å²) in [5.74, 6) is 0. The van der Waals surface area contributed by atoms with E-state index in [1.54, 1.807) is 18.3 Å². The largest absolute Gasteiger partial charge is 0.316 e. The van der Waals surface area contributed by atoms with Crippen LogP contribution in [0.25, 0.3) is 0 Å². The number of anilines is 1. The van der Waals surface area contributed by atoms with Crippen LogP contribution >= 0.6 is 11.3 Å². The van der Waals surface area contributed by atoms with Crippen molar-refractivity contribution in [3.63, 3.8) is 0 Å². The third-order valence-electron chi connectivity index (χ3n) is 3.08. The monoisotopic (exact) mass is 325 g/mol. The van der Waals surface area contributed by atoms with E-state index in [1.807, 2.05) is 20.0 Å². The summed E-state index contributed by atoms with van der Waals surface area (Å²) < 4.78 is 27.3. The number of rotatable bonds is 6.